The predicted molar refractivity (Wildman–Crippen MR) is 56.1 cm³/mol. The van der Waals surface area contributed by atoms with Crippen LogP contribution in [0.25, 0.3) is 6.08 Å². The first-order chi connectivity index (χ1) is 7.24. The molecule has 0 bridgehead atoms. The van der Waals surface area contributed by atoms with E-state index in [-0.39, 0.29) is 0 Å². The molecule has 1 aromatic rings. The van der Waals surface area contributed by atoms with Gasteiger partial charge < -0.3 is 10.5 Å². The first-order valence-electron chi connectivity index (χ1n) is 4.50. The molecular formula is C10H11N3O2. The molecule has 0 aromatic carbocycles. The van der Waals surface area contributed by atoms with Crippen LogP contribution in [0.4, 0.5) is 10.6 Å². The fourth-order valence-corrected chi connectivity index (χ4v) is 1.48. The smallest absolute Gasteiger partial charge is 0.416 e. The van der Waals surface area contributed by atoms with Crippen LogP contribution in [-0.4, -0.2) is 24.4 Å². The van der Waals surface area contributed by atoms with Crippen molar-refractivity contribution in [3.63, 3.8) is 0 Å². The van der Waals surface area contributed by atoms with Gasteiger partial charge in [0.1, 0.15) is 12.0 Å². The van der Waals surface area contributed by atoms with Crippen LogP contribution in [-0.2, 0) is 4.74 Å². The summed E-state index contributed by atoms with van der Waals surface area (Å²) in [6, 6.07) is 3.66. The number of aromatic nitrogens is 1. The number of rotatable bonds is 0. The summed E-state index contributed by atoms with van der Waals surface area (Å²) < 4.78 is 4.65. The molecule has 1 aromatic heterocycles. The van der Waals surface area contributed by atoms with Crippen molar-refractivity contribution in [3.8, 4) is 0 Å². The molecule has 0 radical (unpaired) electrons. The van der Waals surface area contributed by atoms with Gasteiger partial charge in [0.25, 0.3) is 0 Å². The summed E-state index contributed by atoms with van der Waals surface area (Å²) >= 11 is 0. The molecule has 0 saturated heterocycles. The van der Waals surface area contributed by atoms with E-state index in [1.54, 1.807) is 18.3 Å². The molecule has 5 heteroatoms. The van der Waals surface area contributed by atoms with Crippen molar-refractivity contribution in [1.29, 1.82) is 0 Å². The van der Waals surface area contributed by atoms with Gasteiger partial charge in [-0.2, -0.15) is 0 Å². The third-order valence-electron chi connectivity index (χ3n) is 2.19. The Balaban J connectivity index is 2.47. The van der Waals surface area contributed by atoms with E-state index in [2.05, 4.69) is 9.72 Å². The number of hydrogen-bond acceptors (Lipinski definition) is 4. The number of carbonyl (C=O) groups is 1. The van der Waals surface area contributed by atoms with Crippen molar-refractivity contribution in [2.45, 2.75) is 6.17 Å². The van der Waals surface area contributed by atoms with E-state index >= 15 is 0 Å². The zero-order valence-corrected chi connectivity index (χ0v) is 8.25. The Bertz CT molecular complexity index is 417. The maximum absolute atomic E-state index is 11.5. The van der Waals surface area contributed by atoms with Crippen LogP contribution in [0, 0.1) is 0 Å². The van der Waals surface area contributed by atoms with Gasteiger partial charge in [0.15, 0.2) is 0 Å². The molecule has 0 aliphatic carbocycles. The lowest BCUT2D eigenvalue weighted by atomic mass is 10.1. The quantitative estimate of drug-likeness (QED) is 0.685. The second-order valence-corrected chi connectivity index (χ2v) is 3.11. The van der Waals surface area contributed by atoms with Crippen LogP contribution in [0.15, 0.2) is 24.4 Å². The van der Waals surface area contributed by atoms with E-state index in [0.717, 1.165) is 5.56 Å². The van der Waals surface area contributed by atoms with Gasteiger partial charge in [-0.3, -0.25) is 0 Å². The minimum atomic E-state index is -0.528. The van der Waals surface area contributed by atoms with Gasteiger partial charge in [-0.15, -0.1) is 0 Å². The maximum atomic E-state index is 11.5. The summed E-state index contributed by atoms with van der Waals surface area (Å²) in [6.45, 7) is 0. The number of hydrogen-bond donors (Lipinski definition) is 1. The number of anilines is 1. The normalized spacial score (nSPS) is 18.5. The van der Waals surface area contributed by atoms with Crippen LogP contribution in [0.2, 0.25) is 0 Å². The average molecular weight is 205 g/mol. The molecule has 2 N–H and O–H groups in total. The van der Waals surface area contributed by atoms with E-state index in [1.165, 1.54) is 12.0 Å². The minimum Gasteiger partial charge on any atom is -0.452 e. The molecule has 2 heterocycles. The predicted octanol–water partition coefficient (Wildman–Crippen LogP) is 0.966. The van der Waals surface area contributed by atoms with Gasteiger partial charge in [-0.1, -0.05) is 6.08 Å². The highest BCUT2D eigenvalue weighted by Gasteiger charge is 2.27. The summed E-state index contributed by atoms with van der Waals surface area (Å²) in [7, 11) is 1.32. The largest absolute Gasteiger partial charge is 0.452 e. The molecule has 1 atom stereocenters. The fourth-order valence-electron chi connectivity index (χ4n) is 1.48. The van der Waals surface area contributed by atoms with E-state index in [4.69, 9.17) is 5.73 Å². The van der Waals surface area contributed by atoms with Crippen molar-refractivity contribution in [2.24, 2.45) is 5.73 Å². The molecule has 78 valence electrons. The number of carbonyl (C=O) groups excluding carboxylic acids is 1. The van der Waals surface area contributed by atoms with Crippen LogP contribution >= 0.6 is 0 Å². The van der Waals surface area contributed by atoms with Crippen molar-refractivity contribution < 1.29 is 9.53 Å². The zero-order valence-electron chi connectivity index (χ0n) is 8.25. The monoisotopic (exact) mass is 205 g/mol. The number of nitrogens with two attached hydrogens (primary N) is 1. The summed E-state index contributed by atoms with van der Waals surface area (Å²) in [5.74, 6) is 0.527. The molecular weight excluding hydrogens is 194 g/mol. The summed E-state index contributed by atoms with van der Waals surface area (Å²) in [5.41, 5.74) is 6.62. The van der Waals surface area contributed by atoms with Crippen LogP contribution in [0.3, 0.4) is 0 Å². The summed E-state index contributed by atoms with van der Waals surface area (Å²) in [4.78, 5) is 16.9. The van der Waals surface area contributed by atoms with Gasteiger partial charge in [-0.25, -0.2) is 14.7 Å². The SMILES string of the molecule is COC(=O)N1c2ncccc2C=CC1N. The molecule has 15 heavy (non-hydrogen) atoms. The lowest BCUT2D eigenvalue weighted by Gasteiger charge is -2.28. The zero-order chi connectivity index (χ0) is 10.8. The van der Waals surface area contributed by atoms with Gasteiger partial charge in [0.2, 0.25) is 0 Å². The molecule has 0 spiro atoms. The number of nitrogens with zero attached hydrogens (tertiary/aromatic N) is 2. The Morgan fingerprint density at radius 3 is 3.20 bits per heavy atom. The molecule has 1 aliphatic heterocycles. The summed E-state index contributed by atoms with van der Waals surface area (Å²) in [6.07, 6.45) is 4.14. The van der Waals surface area contributed by atoms with Crippen molar-refractivity contribution in [3.05, 3.63) is 30.0 Å². The van der Waals surface area contributed by atoms with Gasteiger partial charge in [0, 0.05) is 11.8 Å². The Kier molecular flexibility index (Phi) is 2.39. The second-order valence-electron chi connectivity index (χ2n) is 3.11. The number of ether oxygens (including phenoxy) is 1. The first kappa shape index (κ1) is 9.67. The van der Waals surface area contributed by atoms with E-state index in [1.807, 2.05) is 12.1 Å². The molecule has 1 amide bonds. The highest BCUT2D eigenvalue weighted by molar-refractivity contribution is 5.91. The van der Waals surface area contributed by atoms with Gasteiger partial charge >= 0.3 is 6.09 Å². The summed E-state index contributed by atoms with van der Waals surface area (Å²) in [5, 5.41) is 0. The molecule has 1 aliphatic rings. The maximum Gasteiger partial charge on any atom is 0.416 e. The van der Waals surface area contributed by atoms with E-state index in [9.17, 15) is 4.79 Å². The van der Waals surface area contributed by atoms with E-state index in [0.29, 0.717) is 5.82 Å². The molecule has 0 saturated carbocycles. The highest BCUT2D eigenvalue weighted by atomic mass is 16.5. The topological polar surface area (TPSA) is 68.5 Å². The van der Waals surface area contributed by atoms with Crippen LogP contribution in [0.5, 0.6) is 0 Å². The first-order valence-corrected chi connectivity index (χ1v) is 4.50. The number of methoxy groups -OCH3 is 1. The third kappa shape index (κ3) is 1.57. The number of fused-ring (bicyclic) bond motifs is 1. The number of pyridine rings is 1. The average Bonchev–Trinajstić information content (AvgIpc) is 2.28. The number of amides is 1. The molecule has 5 nitrogen and oxygen atoms in total. The lowest BCUT2D eigenvalue weighted by molar-refractivity contribution is 0.177. The molecule has 0 fully saturated rings. The fraction of sp³-hybridized carbons (Fsp3) is 0.200. The highest BCUT2D eigenvalue weighted by Crippen LogP contribution is 2.25. The van der Waals surface area contributed by atoms with Gasteiger partial charge in [0.05, 0.1) is 7.11 Å². The van der Waals surface area contributed by atoms with Crippen molar-refractivity contribution in [2.75, 3.05) is 12.0 Å². The minimum absolute atomic E-state index is 0.508. The Labute approximate surface area is 87.2 Å². The van der Waals surface area contributed by atoms with E-state index < -0.39 is 12.3 Å². The van der Waals surface area contributed by atoms with Crippen LogP contribution < -0.4 is 10.6 Å². The third-order valence-corrected chi connectivity index (χ3v) is 2.19. The second kappa shape index (κ2) is 3.70. The Hall–Kier alpha value is -1.88. The molecule has 1 unspecified atom stereocenters. The molecule has 2 rings (SSSR count). The van der Waals surface area contributed by atoms with Gasteiger partial charge in [-0.05, 0) is 18.2 Å². The van der Waals surface area contributed by atoms with Crippen molar-refractivity contribution >= 4 is 18.0 Å². The standard InChI is InChI=1S/C10H11N3O2/c1-15-10(14)13-8(11)5-4-7-3-2-6-12-9(7)13/h2-6,8H,11H2,1H3. The lowest BCUT2D eigenvalue weighted by Crippen LogP contribution is -2.46. The van der Waals surface area contributed by atoms with Crippen molar-refractivity contribution in [1.82, 2.24) is 4.98 Å². The van der Waals surface area contributed by atoms with Crippen LogP contribution in [0.1, 0.15) is 5.56 Å². The Morgan fingerprint density at radius 1 is 1.67 bits per heavy atom. The Morgan fingerprint density at radius 2 is 2.47 bits per heavy atom.